The Morgan fingerprint density at radius 1 is 1.46 bits per heavy atom. The maximum Gasteiger partial charge on any atom is 0.154 e. The first kappa shape index (κ1) is 10.7. The van der Waals surface area contributed by atoms with Gasteiger partial charge in [-0.2, -0.15) is 11.3 Å². The van der Waals surface area contributed by atoms with Gasteiger partial charge in [-0.1, -0.05) is 0 Å². The summed E-state index contributed by atoms with van der Waals surface area (Å²) >= 11 is 1.51. The molecule has 3 nitrogen and oxygen atoms in total. The van der Waals surface area contributed by atoms with Crippen molar-refractivity contribution in [3.8, 4) is 0 Å². The molecule has 2 N–H and O–H groups in total. The van der Waals surface area contributed by atoms with Crippen molar-refractivity contribution in [3.63, 3.8) is 0 Å². The second-order valence-corrected chi connectivity index (χ2v) is 5.83. The fourth-order valence-corrected chi connectivity index (χ4v) is 3.22. The summed E-state index contributed by atoms with van der Waals surface area (Å²) in [5.74, 6) is 0.343. The Balaban J connectivity index is 2.53. The minimum Gasteiger partial charge on any atom is -0.330 e. The number of thiophene rings is 1. The fraction of sp³-hybridized carbons (Fsp3) is 0.500. The molecule has 0 aromatic carbocycles. The van der Waals surface area contributed by atoms with Crippen molar-refractivity contribution in [2.45, 2.75) is 12.2 Å². The Bertz CT molecular complexity index is 329. The summed E-state index contributed by atoms with van der Waals surface area (Å²) in [4.78, 5) is 0. The molecule has 0 spiro atoms. The minimum absolute atomic E-state index is 0.149. The van der Waals surface area contributed by atoms with Crippen LogP contribution in [0.1, 0.15) is 12.0 Å². The first-order valence-electron chi connectivity index (χ1n) is 4.05. The monoisotopic (exact) mass is 219 g/mol. The number of nitrogens with two attached hydrogens (primary N) is 1. The van der Waals surface area contributed by atoms with E-state index < -0.39 is 9.84 Å². The van der Waals surface area contributed by atoms with Crippen LogP contribution in [0.4, 0.5) is 0 Å². The van der Waals surface area contributed by atoms with Gasteiger partial charge in [0, 0.05) is 0 Å². The normalized spacial score (nSPS) is 11.8. The van der Waals surface area contributed by atoms with E-state index in [1.807, 2.05) is 16.8 Å². The van der Waals surface area contributed by atoms with E-state index in [2.05, 4.69) is 0 Å². The van der Waals surface area contributed by atoms with Gasteiger partial charge in [0.15, 0.2) is 9.84 Å². The molecule has 5 heteroatoms. The lowest BCUT2D eigenvalue weighted by Crippen LogP contribution is -2.12. The van der Waals surface area contributed by atoms with Crippen molar-refractivity contribution in [3.05, 3.63) is 22.4 Å². The van der Waals surface area contributed by atoms with Crippen LogP contribution in [0, 0.1) is 0 Å². The van der Waals surface area contributed by atoms with E-state index in [1.54, 1.807) is 0 Å². The fourth-order valence-electron chi connectivity index (χ4n) is 1.00. The zero-order valence-corrected chi connectivity index (χ0v) is 8.90. The van der Waals surface area contributed by atoms with Gasteiger partial charge in [0.25, 0.3) is 0 Å². The number of hydrogen-bond donors (Lipinski definition) is 1. The summed E-state index contributed by atoms with van der Waals surface area (Å²) in [5, 5.41) is 3.74. The Labute approximate surface area is 82.5 Å². The zero-order valence-electron chi connectivity index (χ0n) is 7.27. The highest BCUT2D eigenvalue weighted by Crippen LogP contribution is 2.11. The predicted octanol–water partition coefficient (Wildman–Crippen LogP) is 1.01. The van der Waals surface area contributed by atoms with Crippen LogP contribution in [0.2, 0.25) is 0 Å². The third-order valence-corrected chi connectivity index (χ3v) is 4.04. The van der Waals surface area contributed by atoms with Gasteiger partial charge in [0.2, 0.25) is 0 Å². The van der Waals surface area contributed by atoms with E-state index in [0.717, 1.165) is 5.56 Å². The molecule has 1 heterocycles. The molecule has 0 saturated carbocycles. The standard InChI is InChI=1S/C8H13NO2S2/c9-3-1-5-13(10,11)7-8-2-4-12-6-8/h2,4,6H,1,3,5,7,9H2. The summed E-state index contributed by atoms with van der Waals surface area (Å²) in [7, 11) is -2.94. The van der Waals surface area contributed by atoms with Crippen LogP contribution in [-0.2, 0) is 15.6 Å². The third-order valence-electron chi connectivity index (χ3n) is 1.63. The van der Waals surface area contributed by atoms with Crippen molar-refractivity contribution in [2.75, 3.05) is 12.3 Å². The Kier molecular flexibility index (Phi) is 3.90. The summed E-state index contributed by atoms with van der Waals surface area (Å²) in [6.45, 7) is 0.433. The van der Waals surface area contributed by atoms with Gasteiger partial charge >= 0.3 is 0 Å². The van der Waals surface area contributed by atoms with Gasteiger partial charge in [-0.05, 0) is 35.4 Å². The summed E-state index contributed by atoms with van der Waals surface area (Å²) < 4.78 is 22.8. The molecule has 0 aliphatic rings. The average molecular weight is 219 g/mol. The molecule has 0 atom stereocenters. The molecule has 0 radical (unpaired) electrons. The maximum absolute atomic E-state index is 11.4. The van der Waals surface area contributed by atoms with Crippen molar-refractivity contribution in [1.29, 1.82) is 0 Å². The van der Waals surface area contributed by atoms with E-state index in [0.29, 0.717) is 13.0 Å². The molecule has 0 fully saturated rings. The highest BCUT2D eigenvalue weighted by Gasteiger charge is 2.10. The van der Waals surface area contributed by atoms with Gasteiger partial charge in [0.05, 0.1) is 11.5 Å². The first-order valence-corrected chi connectivity index (χ1v) is 6.82. The molecule has 0 aliphatic heterocycles. The molecule has 0 unspecified atom stereocenters. The molecule has 0 amide bonds. The van der Waals surface area contributed by atoms with Crippen LogP contribution in [0.25, 0.3) is 0 Å². The molecule has 0 aliphatic carbocycles. The highest BCUT2D eigenvalue weighted by atomic mass is 32.2. The van der Waals surface area contributed by atoms with Gasteiger partial charge < -0.3 is 5.73 Å². The van der Waals surface area contributed by atoms with Crippen molar-refractivity contribution in [1.82, 2.24) is 0 Å². The second kappa shape index (κ2) is 4.74. The quantitative estimate of drug-likeness (QED) is 0.804. The van der Waals surface area contributed by atoms with Crippen LogP contribution in [0.15, 0.2) is 16.8 Å². The molecule has 0 saturated heterocycles. The van der Waals surface area contributed by atoms with Crippen LogP contribution in [0.3, 0.4) is 0 Å². The van der Waals surface area contributed by atoms with Gasteiger partial charge in [-0.25, -0.2) is 8.42 Å². The van der Waals surface area contributed by atoms with Gasteiger partial charge in [-0.15, -0.1) is 0 Å². The lowest BCUT2D eigenvalue weighted by Gasteiger charge is -2.00. The topological polar surface area (TPSA) is 60.2 Å². The van der Waals surface area contributed by atoms with Gasteiger partial charge in [-0.3, -0.25) is 0 Å². The van der Waals surface area contributed by atoms with E-state index in [9.17, 15) is 8.42 Å². The smallest absolute Gasteiger partial charge is 0.154 e. The number of hydrogen-bond acceptors (Lipinski definition) is 4. The molecular formula is C8H13NO2S2. The Hall–Kier alpha value is -0.390. The number of rotatable bonds is 5. The molecule has 1 rings (SSSR count). The molecule has 74 valence electrons. The lowest BCUT2D eigenvalue weighted by atomic mass is 10.4. The molecule has 13 heavy (non-hydrogen) atoms. The first-order chi connectivity index (χ1) is 6.14. The van der Waals surface area contributed by atoms with E-state index in [1.165, 1.54) is 11.3 Å². The Morgan fingerprint density at radius 2 is 2.23 bits per heavy atom. The zero-order chi connectivity index (χ0) is 9.73. The van der Waals surface area contributed by atoms with E-state index in [4.69, 9.17) is 5.73 Å². The molecule has 0 bridgehead atoms. The van der Waals surface area contributed by atoms with E-state index in [-0.39, 0.29) is 11.5 Å². The summed E-state index contributed by atoms with van der Waals surface area (Å²) in [5.41, 5.74) is 6.12. The average Bonchev–Trinajstić information content (AvgIpc) is 2.52. The maximum atomic E-state index is 11.4. The van der Waals surface area contributed by atoms with Crippen molar-refractivity contribution in [2.24, 2.45) is 5.73 Å². The van der Waals surface area contributed by atoms with Crippen LogP contribution >= 0.6 is 11.3 Å². The molecular weight excluding hydrogens is 206 g/mol. The number of sulfone groups is 1. The second-order valence-electron chi connectivity index (χ2n) is 2.87. The van der Waals surface area contributed by atoms with Crippen LogP contribution in [-0.4, -0.2) is 20.7 Å². The van der Waals surface area contributed by atoms with Crippen molar-refractivity contribution < 1.29 is 8.42 Å². The largest absolute Gasteiger partial charge is 0.330 e. The van der Waals surface area contributed by atoms with E-state index >= 15 is 0 Å². The third kappa shape index (κ3) is 3.89. The van der Waals surface area contributed by atoms with Crippen molar-refractivity contribution >= 4 is 21.2 Å². The SMILES string of the molecule is NCCCS(=O)(=O)Cc1ccsc1. The Morgan fingerprint density at radius 3 is 2.77 bits per heavy atom. The predicted molar refractivity (Wildman–Crippen MR) is 55.5 cm³/mol. The highest BCUT2D eigenvalue weighted by molar-refractivity contribution is 7.90. The molecule has 1 aromatic heterocycles. The van der Waals surface area contributed by atoms with Crippen LogP contribution < -0.4 is 5.73 Å². The lowest BCUT2D eigenvalue weighted by molar-refractivity contribution is 0.593. The van der Waals surface area contributed by atoms with Gasteiger partial charge in [0.1, 0.15) is 0 Å². The minimum atomic E-state index is -2.94. The molecule has 1 aromatic rings. The summed E-state index contributed by atoms with van der Waals surface area (Å²) in [6, 6.07) is 1.84. The summed E-state index contributed by atoms with van der Waals surface area (Å²) in [6.07, 6.45) is 0.548. The van der Waals surface area contributed by atoms with Crippen LogP contribution in [0.5, 0.6) is 0 Å².